The second-order valence-electron chi connectivity index (χ2n) is 7.50. The molecule has 0 spiro atoms. The maximum atomic E-state index is 12.6. The first-order chi connectivity index (χ1) is 11.5. The number of nitrogens with one attached hydrogen (secondary N) is 1. The van der Waals surface area contributed by atoms with E-state index in [4.69, 9.17) is 0 Å². The van der Waals surface area contributed by atoms with E-state index in [1.165, 1.54) is 25.9 Å². The number of carbonyl (C=O) groups is 1. The van der Waals surface area contributed by atoms with Crippen LogP contribution >= 0.6 is 0 Å². The molecule has 0 aromatic carbocycles. The van der Waals surface area contributed by atoms with Crippen molar-refractivity contribution >= 4 is 5.91 Å². The molecule has 3 rings (SSSR count). The second kappa shape index (κ2) is 7.66. The Morgan fingerprint density at radius 1 is 1.25 bits per heavy atom. The van der Waals surface area contributed by atoms with Crippen LogP contribution in [0.25, 0.3) is 0 Å². The number of carbonyl (C=O) groups excluding carboxylic acids is 1. The average Bonchev–Trinajstić information content (AvgIpc) is 2.91. The monoisotopic (exact) mass is 333 g/mol. The summed E-state index contributed by atoms with van der Waals surface area (Å²) < 4.78 is 1.80. The first-order valence-electron chi connectivity index (χ1n) is 9.22. The zero-order valence-electron chi connectivity index (χ0n) is 15.3. The van der Waals surface area contributed by atoms with Gasteiger partial charge in [-0.3, -0.25) is 14.4 Å². The van der Waals surface area contributed by atoms with Gasteiger partial charge in [0, 0.05) is 37.9 Å². The highest BCUT2D eigenvalue weighted by molar-refractivity contribution is 5.79. The molecular formula is C18H31N5O. The van der Waals surface area contributed by atoms with Gasteiger partial charge in [-0.15, -0.1) is 0 Å². The number of hydrogen-bond donors (Lipinski definition) is 1. The number of piperidine rings is 2. The van der Waals surface area contributed by atoms with Gasteiger partial charge < -0.3 is 10.2 Å². The average molecular weight is 333 g/mol. The predicted molar refractivity (Wildman–Crippen MR) is 94.6 cm³/mol. The Bertz CT molecular complexity index is 562. The van der Waals surface area contributed by atoms with Gasteiger partial charge >= 0.3 is 0 Å². The van der Waals surface area contributed by atoms with Crippen LogP contribution in [0.5, 0.6) is 0 Å². The molecule has 0 radical (unpaired) electrons. The summed E-state index contributed by atoms with van der Waals surface area (Å²) in [4.78, 5) is 17.6. The van der Waals surface area contributed by atoms with Gasteiger partial charge in [0.05, 0.1) is 11.6 Å². The molecule has 1 aromatic rings. The predicted octanol–water partition coefficient (Wildman–Crippen LogP) is 1.15. The van der Waals surface area contributed by atoms with Crippen LogP contribution in [-0.4, -0.2) is 64.8 Å². The topological polar surface area (TPSA) is 53.4 Å². The Balaban J connectivity index is 1.50. The Morgan fingerprint density at radius 2 is 2.00 bits per heavy atom. The molecule has 3 heterocycles. The van der Waals surface area contributed by atoms with Crippen LogP contribution in [-0.2, 0) is 18.4 Å². The van der Waals surface area contributed by atoms with E-state index < -0.39 is 0 Å². The zero-order chi connectivity index (χ0) is 17.1. The van der Waals surface area contributed by atoms with Crippen LogP contribution < -0.4 is 5.32 Å². The van der Waals surface area contributed by atoms with Crippen molar-refractivity contribution in [1.29, 1.82) is 0 Å². The number of hydrogen-bond acceptors (Lipinski definition) is 4. The second-order valence-corrected chi connectivity index (χ2v) is 7.50. The summed E-state index contributed by atoms with van der Waals surface area (Å²) in [6.45, 7) is 7.01. The molecule has 134 valence electrons. The van der Waals surface area contributed by atoms with Crippen LogP contribution in [0.2, 0.25) is 0 Å². The van der Waals surface area contributed by atoms with Crippen molar-refractivity contribution in [3.05, 3.63) is 17.5 Å². The SMILES string of the molecule is Cc1nn(C)cc1CNC(=O)[C@@H]1CCCN(C2CCN(C)CC2)C1. The number of likely N-dealkylation sites (tertiary alicyclic amines) is 2. The molecule has 0 bridgehead atoms. The summed E-state index contributed by atoms with van der Waals surface area (Å²) in [5.41, 5.74) is 2.10. The van der Waals surface area contributed by atoms with Gasteiger partial charge in [0.1, 0.15) is 0 Å². The molecular weight excluding hydrogens is 302 g/mol. The Labute approximate surface area is 145 Å². The molecule has 0 aliphatic carbocycles. The molecule has 6 nitrogen and oxygen atoms in total. The van der Waals surface area contributed by atoms with E-state index in [-0.39, 0.29) is 11.8 Å². The number of rotatable bonds is 4. The number of amides is 1. The highest BCUT2D eigenvalue weighted by Crippen LogP contribution is 2.23. The van der Waals surface area contributed by atoms with Crippen molar-refractivity contribution in [1.82, 2.24) is 24.9 Å². The van der Waals surface area contributed by atoms with Crippen molar-refractivity contribution < 1.29 is 4.79 Å². The van der Waals surface area contributed by atoms with Crippen molar-refractivity contribution in [2.45, 2.75) is 45.2 Å². The van der Waals surface area contributed by atoms with Crippen LogP contribution in [0.3, 0.4) is 0 Å². The Kier molecular flexibility index (Phi) is 5.56. The van der Waals surface area contributed by atoms with Gasteiger partial charge in [-0.05, 0) is 59.3 Å². The lowest BCUT2D eigenvalue weighted by Gasteiger charge is -2.41. The summed E-state index contributed by atoms with van der Waals surface area (Å²) in [7, 11) is 4.11. The van der Waals surface area contributed by atoms with E-state index >= 15 is 0 Å². The van der Waals surface area contributed by atoms with Gasteiger partial charge in [0.25, 0.3) is 0 Å². The van der Waals surface area contributed by atoms with Crippen LogP contribution in [0.4, 0.5) is 0 Å². The number of nitrogens with zero attached hydrogens (tertiary/aromatic N) is 4. The fraction of sp³-hybridized carbons (Fsp3) is 0.778. The first kappa shape index (κ1) is 17.4. The lowest BCUT2D eigenvalue weighted by Crippen LogP contribution is -2.50. The van der Waals surface area contributed by atoms with Crippen LogP contribution in [0.15, 0.2) is 6.20 Å². The quantitative estimate of drug-likeness (QED) is 0.898. The highest BCUT2D eigenvalue weighted by atomic mass is 16.1. The Morgan fingerprint density at radius 3 is 2.67 bits per heavy atom. The van der Waals surface area contributed by atoms with E-state index in [0.717, 1.165) is 37.2 Å². The van der Waals surface area contributed by atoms with E-state index in [0.29, 0.717) is 12.6 Å². The van der Waals surface area contributed by atoms with Crippen molar-refractivity contribution in [2.75, 3.05) is 33.2 Å². The zero-order valence-corrected chi connectivity index (χ0v) is 15.3. The largest absolute Gasteiger partial charge is 0.352 e. The molecule has 0 unspecified atom stereocenters. The van der Waals surface area contributed by atoms with Gasteiger partial charge in [-0.1, -0.05) is 0 Å². The molecule has 2 fully saturated rings. The van der Waals surface area contributed by atoms with Gasteiger partial charge in [-0.2, -0.15) is 5.10 Å². The molecule has 1 N–H and O–H groups in total. The van der Waals surface area contributed by atoms with E-state index in [9.17, 15) is 4.79 Å². The number of aromatic nitrogens is 2. The minimum atomic E-state index is 0.135. The Hall–Kier alpha value is -1.40. The molecule has 6 heteroatoms. The molecule has 2 aliphatic rings. The first-order valence-corrected chi connectivity index (χ1v) is 9.22. The highest BCUT2D eigenvalue weighted by Gasteiger charge is 2.31. The van der Waals surface area contributed by atoms with E-state index in [1.807, 2.05) is 20.2 Å². The fourth-order valence-electron chi connectivity index (χ4n) is 4.06. The van der Waals surface area contributed by atoms with Gasteiger partial charge in [0.2, 0.25) is 5.91 Å². The summed E-state index contributed by atoms with van der Waals surface area (Å²) >= 11 is 0. The van der Waals surface area contributed by atoms with E-state index in [2.05, 4.69) is 27.3 Å². The molecule has 0 saturated carbocycles. The maximum Gasteiger partial charge on any atom is 0.224 e. The molecule has 1 aromatic heterocycles. The third kappa shape index (κ3) is 4.16. The molecule has 24 heavy (non-hydrogen) atoms. The summed E-state index contributed by atoms with van der Waals surface area (Å²) in [5.74, 6) is 0.339. The third-order valence-corrected chi connectivity index (χ3v) is 5.60. The van der Waals surface area contributed by atoms with Crippen molar-refractivity contribution in [3.63, 3.8) is 0 Å². The minimum Gasteiger partial charge on any atom is -0.352 e. The van der Waals surface area contributed by atoms with E-state index in [1.54, 1.807) is 4.68 Å². The van der Waals surface area contributed by atoms with Gasteiger partial charge in [0.15, 0.2) is 0 Å². The van der Waals surface area contributed by atoms with Crippen LogP contribution in [0, 0.1) is 12.8 Å². The van der Waals surface area contributed by atoms with Gasteiger partial charge in [-0.25, -0.2) is 0 Å². The molecule has 2 aliphatic heterocycles. The van der Waals surface area contributed by atoms with Crippen LogP contribution in [0.1, 0.15) is 36.9 Å². The molecule has 1 amide bonds. The summed E-state index contributed by atoms with van der Waals surface area (Å²) in [5, 5.41) is 7.46. The van der Waals surface area contributed by atoms with Crippen molar-refractivity contribution in [2.24, 2.45) is 13.0 Å². The smallest absolute Gasteiger partial charge is 0.224 e. The number of aryl methyl sites for hydroxylation is 2. The summed E-state index contributed by atoms with van der Waals surface area (Å²) in [6.07, 6.45) is 6.61. The molecule has 1 atom stereocenters. The normalized spacial score (nSPS) is 24.2. The maximum absolute atomic E-state index is 12.6. The lowest BCUT2D eigenvalue weighted by atomic mass is 9.93. The fourth-order valence-corrected chi connectivity index (χ4v) is 4.06. The summed E-state index contributed by atoms with van der Waals surface area (Å²) in [6, 6.07) is 0.664. The minimum absolute atomic E-state index is 0.135. The van der Waals surface area contributed by atoms with Crippen molar-refractivity contribution in [3.8, 4) is 0 Å². The lowest BCUT2D eigenvalue weighted by molar-refractivity contribution is -0.127. The standard InChI is InChI=1S/C18H31N5O/c1-14-16(12-22(3)20-14)11-19-18(24)15-5-4-8-23(13-15)17-6-9-21(2)10-7-17/h12,15,17H,4-11,13H2,1-3H3,(H,19,24)/t15-/m1/s1. The third-order valence-electron chi connectivity index (χ3n) is 5.60. The molecule has 2 saturated heterocycles.